The second kappa shape index (κ2) is 3.52. The summed E-state index contributed by atoms with van der Waals surface area (Å²) in [5.41, 5.74) is 5.73. The molecule has 0 saturated heterocycles. The van der Waals surface area contributed by atoms with E-state index in [-0.39, 0.29) is 0 Å². The summed E-state index contributed by atoms with van der Waals surface area (Å²) >= 11 is 0. The molecule has 2 heterocycles. The summed E-state index contributed by atoms with van der Waals surface area (Å²) in [5, 5.41) is 3.42. The Kier molecular flexibility index (Phi) is 2.03. The number of hydrogen-bond donors (Lipinski definition) is 2. The quantitative estimate of drug-likeness (QED) is 0.801. The number of aromatic amines is 1. The third-order valence-corrected chi connectivity index (χ3v) is 3.00. The Balaban J connectivity index is 2.08. The van der Waals surface area contributed by atoms with Gasteiger partial charge in [0.1, 0.15) is 0 Å². The Morgan fingerprint density at radius 3 is 3.12 bits per heavy atom. The van der Waals surface area contributed by atoms with Crippen LogP contribution in [0, 0.1) is 0 Å². The van der Waals surface area contributed by atoms with Gasteiger partial charge in [-0.15, -0.1) is 0 Å². The van der Waals surface area contributed by atoms with E-state index in [1.54, 1.807) is 12.5 Å². The zero-order valence-corrected chi connectivity index (χ0v) is 8.96. The van der Waals surface area contributed by atoms with Crippen LogP contribution >= 0.6 is 0 Å². The highest BCUT2D eigenvalue weighted by molar-refractivity contribution is 5.85. The lowest BCUT2D eigenvalue weighted by molar-refractivity contribution is 1.11. The minimum absolute atomic E-state index is 0.974. The van der Waals surface area contributed by atoms with Gasteiger partial charge in [0.15, 0.2) is 0 Å². The lowest BCUT2D eigenvalue weighted by Gasteiger charge is -2.10. The van der Waals surface area contributed by atoms with Crippen LogP contribution in [0.25, 0.3) is 5.57 Å². The minimum atomic E-state index is 0.974. The van der Waals surface area contributed by atoms with Gasteiger partial charge in [0.25, 0.3) is 0 Å². The summed E-state index contributed by atoms with van der Waals surface area (Å²) in [5.74, 6) is 0. The van der Waals surface area contributed by atoms with Crippen LogP contribution in [0.5, 0.6) is 0 Å². The molecule has 0 saturated carbocycles. The maximum atomic E-state index is 4.13. The van der Waals surface area contributed by atoms with E-state index in [1.807, 2.05) is 0 Å². The van der Waals surface area contributed by atoms with Crippen molar-refractivity contribution >= 4 is 11.3 Å². The number of rotatable bonds is 2. The number of H-pyrrole nitrogens is 1. The summed E-state index contributed by atoms with van der Waals surface area (Å²) in [6.45, 7) is 5.15. The van der Waals surface area contributed by atoms with Gasteiger partial charge in [0, 0.05) is 23.4 Å². The molecule has 0 unspecified atom stereocenters. The van der Waals surface area contributed by atoms with Crippen LogP contribution in [0.3, 0.4) is 0 Å². The molecular weight excluding hydrogens is 198 g/mol. The number of hydrogen-bond acceptors (Lipinski definition) is 2. The molecule has 0 radical (unpaired) electrons. The fourth-order valence-corrected chi connectivity index (χ4v) is 2.16. The number of aromatic nitrogens is 2. The standard InChI is InChI=1S/C13H13N3/c1-9(12-7-14-8-16-12)11-4-2-3-10-5-6-15-13(10)11/h2-4,7-8,15H,1,5-6H2,(H,14,16). The lowest BCUT2D eigenvalue weighted by atomic mass is 10.00. The van der Waals surface area contributed by atoms with E-state index in [1.165, 1.54) is 16.8 Å². The molecule has 80 valence electrons. The second-order valence-electron chi connectivity index (χ2n) is 3.96. The highest BCUT2D eigenvalue weighted by Crippen LogP contribution is 2.32. The van der Waals surface area contributed by atoms with Gasteiger partial charge >= 0.3 is 0 Å². The largest absolute Gasteiger partial charge is 0.384 e. The number of imidazole rings is 1. The van der Waals surface area contributed by atoms with Crippen molar-refractivity contribution in [3.8, 4) is 0 Å². The summed E-state index contributed by atoms with van der Waals surface area (Å²) in [6, 6.07) is 6.35. The number of anilines is 1. The maximum Gasteiger partial charge on any atom is 0.0924 e. The third-order valence-electron chi connectivity index (χ3n) is 3.00. The van der Waals surface area contributed by atoms with Crippen molar-refractivity contribution < 1.29 is 0 Å². The lowest BCUT2D eigenvalue weighted by Crippen LogP contribution is -1.96. The van der Waals surface area contributed by atoms with Gasteiger partial charge in [-0.2, -0.15) is 0 Å². The average Bonchev–Trinajstić information content (AvgIpc) is 2.98. The predicted octanol–water partition coefficient (Wildman–Crippen LogP) is 2.44. The molecule has 0 fully saturated rings. The minimum Gasteiger partial charge on any atom is -0.384 e. The van der Waals surface area contributed by atoms with Crippen molar-refractivity contribution in [1.82, 2.24) is 9.97 Å². The van der Waals surface area contributed by atoms with Gasteiger partial charge in [0.05, 0.1) is 18.2 Å². The van der Waals surface area contributed by atoms with E-state index >= 15 is 0 Å². The Morgan fingerprint density at radius 1 is 1.38 bits per heavy atom. The molecule has 0 spiro atoms. The van der Waals surface area contributed by atoms with Crippen molar-refractivity contribution in [2.45, 2.75) is 6.42 Å². The van der Waals surface area contributed by atoms with Gasteiger partial charge in [0.2, 0.25) is 0 Å². The van der Waals surface area contributed by atoms with Gasteiger partial charge in [-0.1, -0.05) is 24.8 Å². The summed E-state index contributed by atoms with van der Waals surface area (Å²) in [7, 11) is 0. The molecule has 3 rings (SSSR count). The van der Waals surface area contributed by atoms with Gasteiger partial charge < -0.3 is 10.3 Å². The first-order valence-corrected chi connectivity index (χ1v) is 5.40. The first kappa shape index (κ1) is 9.21. The van der Waals surface area contributed by atoms with Crippen molar-refractivity contribution in [2.75, 3.05) is 11.9 Å². The molecule has 0 bridgehead atoms. The van der Waals surface area contributed by atoms with E-state index in [0.29, 0.717) is 0 Å². The SMILES string of the molecule is C=C(c1cnc[nH]1)c1cccc2c1NCC2. The van der Waals surface area contributed by atoms with Crippen LogP contribution < -0.4 is 5.32 Å². The smallest absolute Gasteiger partial charge is 0.0924 e. The average molecular weight is 211 g/mol. The van der Waals surface area contributed by atoms with Crippen molar-refractivity contribution in [1.29, 1.82) is 0 Å². The van der Waals surface area contributed by atoms with Crippen molar-refractivity contribution in [2.24, 2.45) is 0 Å². The zero-order valence-electron chi connectivity index (χ0n) is 8.96. The van der Waals surface area contributed by atoms with E-state index in [0.717, 1.165) is 24.2 Å². The van der Waals surface area contributed by atoms with Crippen LogP contribution in [0.4, 0.5) is 5.69 Å². The summed E-state index contributed by atoms with van der Waals surface area (Å²) in [4.78, 5) is 7.11. The molecule has 2 N–H and O–H groups in total. The van der Waals surface area contributed by atoms with Crippen molar-refractivity contribution in [3.63, 3.8) is 0 Å². The molecule has 1 aromatic heterocycles. The van der Waals surface area contributed by atoms with E-state index in [4.69, 9.17) is 0 Å². The van der Waals surface area contributed by atoms with E-state index in [9.17, 15) is 0 Å². The predicted molar refractivity (Wildman–Crippen MR) is 65.4 cm³/mol. The van der Waals surface area contributed by atoms with E-state index < -0.39 is 0 Å². The van der Waals surface area contributed by atoms with Crippen LogP contribution in [0.1, 0.15) is 16.8 Å². The number of nitrogens with one attached hydrogen (secondary N) is 2. The number of fused-ring (bicyclic) bond motifs is 1. The Labute approximate surface area is 94.2 Å². The highest BCUT2D eigenvalue weighted by atomic mass is 14.9. The van der Waals surface area contributed by atoms with E-state index in [2.05, 4.69) is 40.1 Å². The van der Waals surface area contributed by atoms with Gasteiger partial charge in [-0.25, -0.2) is 4.98 Å². The molecule has 1 aliphatic heterocycles. The number of para-hydroxylation sites is 1. The summed E-state index contributed by atoms with van der Waals surface area (Å²) in [6.07, 6.45) is 4.58. The number of benzene rings is 1. The Hall–Kier alpha value is -2.03. The zero-order chi connectivity index (χ0) is 11.0. The van der Waals surface area contributed by atoms with Crippen molar-refractivity contribution in [3.05, 3.63) is 54.1 Å². The molecule has 0 amide bonds. The number of nitrogens with zero attached hydrogens (tertiary/aromatic N) is 1. The Morgan fingerprint density at radius 2 is 2.31 bits per heavy atom. The monoisotopic (exact) mass is 211 g/mol. The maximum absolute atomic E-state index is 4.13. The van der Waals surface area contributed by atoms with Gasteiger partial charge in [-0.3, -0.25) is 0 Å². The fourth-order valence-electron chi connectivity index (χ4n) is 2.16. The molecule has 3 heteroatoms. The first-order valence-electron chi connectivity index (χ1n) is 5.40. The topological polar surface area (TPSA) is 40.7 Å². The molecule has 16 heavy (non-hydrogen) atoms. The third kappa shape index (κ3) is 1.33. The first-order chi connectivity index (χ1) is 7.86. The second-order valence-corrected chi connectivity index (χ2v) is 3.96. The molecule has 1 aliphatic rings. The molecule has 1 aromatic carbocycles. The van der Waals surface area contributed by atoms with Crippen LogP contribution in [-0.2, 0) is 6.42 Å². The van der Waals surface area contributed by atoms with Gasteiger partial charge in [-0.05, 0) is 12.0 Å². The molecule has 0 atom stereocenters. The molecular formula is C13H13N3. The molecule has 2 aromatic rings. The molecule has 3 nitrogen and oxygen atoms in total. The van der Waals surface area contributed by atoms with Crippen LogP contribution in [0.2, 0.25) is 0 Å². The van der Waals surface area contributed by atoms with Crippen LogP contribution in [0.15, 0.2) is 37.3 Å². The highest BCUT2D eigenvalue weighted by Gasteiger charge is 2.16. The summed E-state index contributed by atoms with van der Waals surface area (Å²) < 4.78 is 0. The Bertz CT molecular complexity index is 526. The van der Waals surface area contributed by atoms with Crippen LogP contribution in [-0.4, -0.2) is 16.5 Å². The normalized spacial score (nSPS) is 13.2. The molecule has 0 aliphatic carbocycles. The fraction of sp³-hybridized carbons (Fsp3) is 0.154.